The van der Waals surface area contributed by atoms with Crippen LogP contribution in [0.5, 0.6) is 5.75 Å². The molecule has 3 unspecified atom stereocenters. The molecule has 0 spiro atoms. The average molecular weight is 792 g/mol. The molecule has 306 valence electrons. The molecule has 2 aromatic heterocycles. The highest BCUT2D eigenvalue weighted by molar-refractivity contribution is 6.07. The summed E-state index contributed by atoms with van der Waals surface area (Å²) in [4.78, 5) is 59.8. The summed E-state index contributed by atoms with van der Waals surface area (Å²) in [5, 5.41) is 4.72. The second-order valence-electron chi connectivity index (χ2n) is 17.2. The molecule has 2 saturated heterocycles. The fourth-order valence-electron chi connectivity index (χ4n) is 8.83. The lowest BCUT2D eigenvalue weighted by Gasteiger charge is -2.32. The summed E-state index contributed by atoms with van der Waals surface area (Å²) >= 11 is 0. The Kier molecular flexibility index (Phi) is 10.3. The molecule has 5 aromatic rings. The normalized spacial score (nSPS) is 20.9. The van der Waals surface area contributed by atoms with Crippen LogP contribution in [0.4, 0.5) is 9.59 Å². The maximum atomic E-state index is 14.0. The van der Waals surface area contributed by atoms with Crippen molar-refractivity contribution in [2.45, 2.75) is 97.2 Å². The molecule has 3 aliphatic heterocycles. The molecule has 3 N–H and O–H groups in total. The summed E-state index contributed by atoms with van der Waals surface area (Å²) in [6.45, 7) is 13.0. The monoisotopic (exact) mass is 791 g/mol. The van der Waals surface area contributed by atoms with Gasteiger partial charge in [0.2, 0.25) is 5.91 Å². The van der Waals surface area contributed by atoms with Crippen molar-refractivity contribution in [3.63, 3.8) is 0 Å². The Morgan fingerprint density at radius 2 is 1.81 bits per heavy atom. The second kappa shape index (κ2) is 15.3. The van der Waals surface area contributed by atoms with Crippen molar-refractivity contribution < 1.29 is 33.3 Å². The second-order valence-corrected chi connectivity index (χ2v) is 17.2. The lowest BCUT2D eigenvalue weighted by molar-refractivity contribution is -0.137. The fraction of sp³-hybridized carbons (Fsp3) is 0.477. The molecule has 0 bridgehead atoms. The van der Waals surface area contributed by atoms with Crippen molar-refractivity contribution in [3.05, 3.63) is 65.9 Å². The number of aromatic amines is 2. The Morgan fingerprint density at radius 3 is 2.55 bits per heavy atom. The summed E-state index contributed by atoms with van der Waals surface area (Å²) in [6, 6.07) is 13.5. The lowest BCUT2D eigenvalue weighted by atomic mass is 9.92. The Bertz CT molecular complexity index is 2380. The summed E-state index contributed by atoms with van der Waals surface area (Å²) in [6.07, 6.45) is 3.14. The maximum Gasteiger partial charge on any atom is 0.410 e. The van der Waals surface area contributed by atoms with E-state index in [1.165, 1.54) is 7.11 Å². The Morgan fingerprint density at radius 1 is 1.00 bits per heavy atom. The fourth-order valence-corrected chi connectivity index (χ4v) is 8.83. The number of imidazole rings is 2. The van der Waals surface area contributed by atoms with E-state index in [4.69, 9.17) is 28.9 Å². The van der Waals surface area contributed by atoms with Gasteiger partial charge in [0.15, 0.2) is 0 Å². The van der Waals surface area contributed by atoms with Crippen LogP contribution in [0.1, 0.15) is 90.1 Å². The van der Waals surface area contributed by atoms with Gasteiger partial charge in [0.05, 0.1) is 48.7 Å². The number of likely N-dealkylation sites (tertiary alicyclic amines) is 2. The topological polar surface area (TPSA) is 164 Å². The molecule has 5 heterocycles. The van der Waals surface area contributed by atoms with E-state index in [9.17, 15) is 14.4 Å². The molecule has 14 heteroatoms. The first-order valence-corrected chi connectivity index (χ1v) is 20.2. The number of alkyl carbamates (subject to hydrolysis) is 1. The van der Waals surface area contributed by atoms with Gasteiger partial charge in [-0.15, -0.1) is 0 Å². The van der Waals surface area contributed by atoms with E-state index >= 15 is 0 Å². The molecule has 0 aliphatic carbocycles. The zero-order valence-corrected chi connectivity index (χ0v) is 34.5. The molecule has 3 aliphatic rings. The number of rotatable bonds is 8. The van der Waals surface area contributed by atoms with Gasteiger partial charge in [-0.05, 0) is 99.2 Å². The minimum atomic E-state index is -0.719. The third-order valence-electron chi connectivity index (χ3n) is 11.6. The number of H-pyrrole nitrogens is 2. The van der Waals surface area contributed by atoms with Crippen LogP contribution in [0.25, 0.3) is 44.2 Å². The van der Waals surface area contributed by atoms with Gasteiger partial charge in [0.1, 0.15) is 35.6 Å². The Labute approximate surface area is 338 Å². The molecule has 3 aromatic carbocycles. The average Bonchev–Trinajstić information content (AvgIpc) is 4.00. The quantitative estimate of drug-likeness (QED) is 0.141. The molecule has 5 atom stereocenters. The summed E-state index contributed by atoms with van der Waals surface area (Å²) < 4.78 is 22.4. The van der Waals surface area contributed by atoms with Crippen molar-refractivity contribution in [1.29, 1.82) is 0 Å². The van der Waals surface area contributed by atoms with E-state index in [1.807, 2.05) is 58.7 Å². The molecular weight excluding hydrogens is 739 g/mol. The van der Waals surface area contributed by atoms with E-state index in [0.29, 0.717) is 19.8 Å². The largest absolute Gasteiger partial charge is 0.488 e. The molecular formula is C44H53N7O7. The van der Waals surface area contributed by atoms with Gasteiger partial charge in [-0.25, -0.2) is 19.6 Å². The molecule has 58 heavy (non-hydrogen) atoms. The number of benzene rings is 3. The first kappa shape index (κ1) is 39.2. The van der Waals surface area contributed by atoms with E-state index < -0.39 is 17.7 Å². The van der Waals surface area contributed by atoms with Crippen LogP contribution in [-0.4, -0.2) is 92.9 Å². The number of amides is 3. The molecule has 0 radical (unpaired) electrons. The van der Waals surface area contributed by atoms with Gasteiger partial charge in [-0.2, -0.15) is 0 Å². The van der Waals surface area contributed by atoms with E-state index in [1.54, 1.807) is 12.0 Å². The number of aromatic nitrogens is 4. The Balaban J connectivity index is 1.06. The van der Waals surface area contributed by atoms with Crippen molar-refractivity contribution in [2.75, 3.05) is 27.4 Å². The van der Waals surface area contributed by atoms with Crippen LogP contribution in [0.2, 0.25) is 0 Å². The SMILES string of the molecule is COCC1CC(c2ncc(-c3ccc4c(c3)COc3cc5c(ccc6[nH]c([C@@H]7CC[C@H](C)N7C(=O)C(NC(=O)OC)C(C)C)nc65)cc3-4)[nH]2)N(C(=O)OC(C)(C)C)C1. The van der Waals surface area contributed by atoms with Crippen LogP contribution in [0.3, 0.4) is 0 Å². The van der Waals surface area contributed by atoms with Gasteiger partial charge < -0.3 is 39.1 Å². The zero-order valence-electron chi connectivity index (χ0n) is 34.5. The number of nitrogens with zero attached hydrogens (tertiary/aromatic N) is 4. The summed E-state index contributed by atoms with van der Waals surface area (Å²) in [5.41, 5.74) is 6.07. The van der Waals surface area contributed by atoms with Gasteiger partial charge in [0, 0.05) is 36.6 Å². The zero-order chi connectivity index (χ0) is 41.0. The third-order valence-corrected chi connectivity index (χ3v) is 11.6. The highest BCUT2D eigenvalue weighted by Gasteiger charge is 2.42. The molecule has 0 saturated carbocycles. The van der Waals surface area contributed by atoms with Crippen LogP contribution < -0.4 is 10.1 Å². The number of carbonyl (C=O) groups excluding carboxylic acids is 3. The number of methoxy groups -OCH3 is 2. The molecule has 14 nitrogen and oxygen atoms in total. The predicted octanol–water partition coefficient (Wildman–Crippen LogP) is 8.04. The van der Waals surface area contributed by atoms with Gasteiger partial charge >= 0.3 is 12.2 Å². The lowest BCUT2D eigenvalue weighted by Crippen LogP contribution is -2.52. The van der Waals surface area contributed by atoms with Crippen molar-refractivity contribution in [1.82, 2.24) is 35.1 Å². The van der Waals surface area contributed by atoms with Crippen LogP contribution >= 0.6 is 0 Å². The highest BCUT2D eigenvalue weighted by atomic mass is 16.6. The highest BCUT2D eigenvalue weighted by Crippen LogP contribution is 2.44. The summed E-state index contributed by atoms with van der Waals surface area (Å²) in [5.74, 6) is 2.12. The van der Waals surface area contributed by atoms with Gasteiger partial charge in [-0.1, -0.05) is 32.0 Å². The number of nitrogens with one attached hydrogen (secondary N) is 3. The first-order valence-electron chi connectivity index (χ1n) is 20.2. The number of hydrogen-bond acceptors (Lipinski definition) is 9. The number of fused-ring (bicyclic) bond motifs is 6. The molecule has 2 fully saturated rings. The first-order chi connectivity index (χ1) is 27.7. The van der Waals surface area contributed by atoms with E-state index in [-0.39, 0.29) is 42.0 Å². The van der Waals surface area contributed by atoms with Crippen LogP contribution in [-0.2, 0) is 25.6 Å². The predicted molar refractivity (Wildman–Crippen MR) is 219 cm³/mol. The van der Waals surface area contributed by atoms with Crippen LogP contribution in [0, 0.1) is 11.8 Å². The summed E-state index contributed by atoms with van der Waals surface area (Å²) in [7, 11) is 2.98. The van der Waals surface area contributed by atoms with Gasteiger partial charge in [-0.3, -0.25) is 9.69 Å². The van der Waals surface area contributed by atoms with Crippen molar-refractivity contribution >= 4 is 39.9 Å². The maximum absolute atomic E-state index is 14.0. The van der Waals surface area contributed by atoms with Crippen molar-refractivity contribution in [2.24, 2.45) is 11.8 Å². The van der Waals surface area contributed by atoms with Crippen LogP contribution in [0.15, 0.2) is 48.7 Å². The van der Waals surface area contributed by atoms with E-state index in [2.05, 4.69) is 51.7 Å². The molecule has 8 rings (SSSR count). The minimum Gasteiger partial charge on any atom is -0.488 e. The van der Waals surface area contributed by atoms with E-state index in [0.717, 1.165) is 86.4 Å². The number of ether oxygens (including phenoxy) is 4. The third kappa shape index (κ3) is 7.34. The van der Waals surface area contributed by atoms with Crippen molar-refractivity contribution in [3.8, 4) is 28.1 Å². The molecule has 3 amide bonds. The minimum absolute atomic E-state index is 0.0184. The standard InChI is InChI=1S/C44H53N7O7/c1-23(2)37(49-42(53)56-8)41(52)51-24(3)9-14-34(51)40-46-32-13-11-26-17-31-29-12-10-27(16-28(29)22-57-36(31)18-30(26)38(32)48-40)33-19-45-39(47-33)35-15-25(21-55-7)20-50(35)43(54)58-44(4,5)6/h10-13,16-19,23-25,34-35,37H,9,14-15,20-22H2,1-8H3,(H,45,47)(H,46,48)(H,49,53)/t24-,25?,34-,35?,37?/m0/s1. The Hall–Kier alpha value is -5.63. The number of hydrogen-bond donors (Lipinski definition) is 3. The smallest absolute Gasteiger partial charge is 0.410 e. The number of carbonyl (C=O) groups is 3. The van der Waals surface area contributed by atoms with Gasteiger partial charge in [0.25, 0.3) is 0 Å².